The Balaban J connectivity index is 1.55. The number of anilines is 2. The van der Waals surface area contributed by atoms with Crippen LogP contribution in [0.3, 0.4) is 0 Å². The van der Waals surface area contributed by atoms with E-state index in [1.54, 1.807) is 23.3 Å². The van der Waals surface area contributed by atoms with Crippen molar-refractivity contribution in [2.45, 2.75) is 19.6 Å². The number of aromatic nitrogens is 7. The van der Waals surface area contributed by atoms with E-state index in [1.165, 1.54) is 37.5 Å². The molecule has 4 heterocycles. The number of carbonyl (C=O) groups is 1. The van der Waals surface area contributed by atoms with Gasteiger partial charge in [0.05, 0.1) is 17.9 Å². The second kappa shape index (κ2) is 11.4. The molecule has 0 amide bonds. The molecule has 11 nitrogen and oxygen atoms in total. The smallest absolute Gasteiger partial charge is 0.435 e. The lowest BCUT2D eigenvalue weighted by molar-refractivity contribution is -0.141. The number of halogens is 5. The first kappa shape index (κ1) is 28.5. The summed E-state index contributed by atoms with van der Waals surface area (Å²) >= 11 is 5.84. The molecule has 5 aromatic rings. The molecular formula is C26H19ClF4N8O3. The lowest BCUT2D eigenvalue weighted by Crippen LogP contribution is -2.12. The Kier molecular flexibility index (Phi) is 7.76. The molecule has 216 valence electrons. The van der Waals surface area contributed by atoms with Crippen LogP contribution in [0.5, 0.6) is 5.88 Å². The van der Waals surface area contributed by atoms with Crippen LogP contribution in [0.4, 0.5) is 29.2 Å². The Morgan fingerprint density at radius 2 is 1.98 bits per heavy atom. The molecule has 0 fully saturated rings. The van der Waals surface area contributed by atoms with Gasteiger partial charge in [0.2, 0.25) is 11.8 Å². The SMILES string of the molecule is Cc1cc(C(F)(F)F)nn1-c1nc(Nc2ccc(F)c(Cl)c2)ncc1-c1cnc(OCCn2ccnc2)c(C(=O)O)c1. The van der Waals surface area contributed by atoms with Crippen molar-refractivity contribution in [3.63, 3.8) is 0 Å². The van der Waals surface area contributed by atoms with Crippen molar-refractivity contribution >= 4 is 29.2 Å². The molecule has 0 aliphatic heterocycles. The van der Waals surface area contributed by atoms with Crippen molar-refractivity contribution in [2.75, 3.05) is 11.9 Å². The number of hydrogen-bond acceptors (Lipinski definition) is 8. The van der Waals surface area contributed by atoms with Gasteiger partial charge in [0.25, 0.3) is 0 Å². The summed E-state index contributed by atoms with van der Waals surface area (Å²) < 4.78 is 62.3. The summed E-state index contributed by atoms with van der Waals surface area (Å²) in [5.74, 6) is -2.34. The molecule has 0 atom stereocenters. The normalized spacial score (nSPS) is 11.5. The molecule has 0 saturated heterocycles. The number of ether oxygens (including phenoxy) is 1. The summed E-state index contributed by atoms with van der Waals surface area (Å²) in [6.07, 6.45) is 2.70. The van der Waals surface area contributed by atoms with E-state index in [0.717, 1.165) is 16.8 Å². The molecule has 0 aliphatic rings. The fourth-order valence-corrected chi connectivity index (χ4v) is 4.04. The monoisotopic (exact) mass is 602 g/mol. The van der Waals surface area contributed by atoms with Crippen LogP contribution in [0.2, 0.25) is 5.02 Å². The van der Waals surface area contributed by atoms with Crippen molar-refractivity contribution in [3.8, 4) is 22.8 Å². The number of aromatic carboxylic acids is 1. The Hall–Kier alpha value is -5.05. The van der Waals surface area contributed by atoms with Gasteiger partial charge in [-0.2, -0.15) is 23.3 Å². The highest BCUT2D eigenvalue weighted by molar-refractivity contribution is 6.31. The van der Waals surface area contributed by atoms with Gasteiger partial charge in [-0.1, -0.05) is 11.6 Å². The summed E-state index contributed by atoms with van der Waals surface area (Å²) in [6, 6.07) is 5.86. The first-order valence-electron chi connectivity index (χ1n) is 12.0. The highest BCUT2D eigenvalue weighted by atomic mass is 35.5. The maximum Gasteiger partial charge on any atom is 0.435 e. The van der Waals surface area contributed by atoms with Crippen molar-refractivity contribution in [3.05, 3.63) is 89.2 Å². The highest BCUT2D eigenvalue weighted by Crippen LogP contribution is 2.33. The van der Waals surface area contributed by atoms with Crippen LogP contribution < -0.4 is 10.1 Å². The number of pyridine rings is 1. The summed E-state index contributed by atoms with van der Waals surface area (Å²) in [5, 5.41) is 16.2. The number of benzene rings is 1. The van der Waals surface area contributed by atoms with Crippen molar-refractivity contribution in [1.82, 2.24) is 34.3 Å². The lowest BCUT2D eigenvalue weighted by Gasteiger charge is -2.14. The molecule has 0 bridgehead atoms. The summed E-state index contributed by atoms with van der Waals surface area (Å²) in [4.78, 5) is 28.7. The number of carboxylic acid groups (broad SMARTS) is 1. The summed E-state index contributed by atoms with van der Waals surface area (Å²) in [7, 11) is 0. The number of nitrogens with one attached hydrogen (secondary N) is 1. The van der Waals surface area contributed by atoms with Gasteiger partial charge in [-0.25, -0.2) is 28.8 Å². The predicted molar refractivity (Wildman–Crippen MR) is 141 cm³/mol. The average molecular weight is 603 g/mol. The number of alkyl halides is 3. The average Bonchev–Trinajstić information content (AvgIpc) is 3.60. The van der Waals surface area contributed by atoms with Crippen LogP contribution in [-0.4, -0.2) is 52.0 Å². The molecule has 5 rings (SSSR count). The minimum atomic E-state index is -4.73. The van der Waals surface area contributed by atoms with Gasteiger partial charge in [-0.05, 0) is 37.3 Å². The Morgan fingerprint density at radius 3 is 2.64 bits per heavy atom. The van der Waals surface area contributed by atoms with E-state index in [-0.39, 0.29) is 51.7 Å². The van der Waals surface area contributed by atoms with E-state index >= 15 is 0 Å². The fraction of sp³-hybridized carbons (Fsp3) is 0.154. The zero-order valence-electron chi connectivity index (χ0n) is 21.5. The van der Waals surface area contributed by atoms with Gasteiger partial charge in [0.1, 0.15) is 18.0 Å². The number of nitrogens with zero attached hydrogens (tertiary/aromatic N) is 7. The van der Waals surface area contributed by atoms with Crippen LogP contribution in [0.15, 0.2) is 61.4 Å². The van der Waals surface area contributed by atoms with E-state index in [1.807, 2.05) is 0 Å². The minimum absolute atomic E-state index is 0.0780. The summed E-state index contributed by atoms with van der Waals surface area (Å²) in [5.41, 5.74) is -0.762. The van der Waals surface area contributed by atoms with Crippen LogP contribution in [0.1, 0.15) is 21.7 Å². The molecular weight excluding hydrogens is 584 g/mol. The van der Waals surface area contributed by atoms with Crippen LogP contribution >= 0.6 is 11.6 Å². The maximum absolute atomic E-state index is 13.6. The number of aryl methyl sites for hydroxylation is 1. The number of imidazole rings is 1. The van der Waals surface area contributed by atoms with Gasteiger partial charge in [-0.3, -0.25) is 0 Å². The number of carboxylic acids is 1. The molecule has 0 saturated carbocycles. The van der Waals surface area contributed by atoms with E-state index < -0.39 is 23.7 Å². The van der Waals surface area contributed by atoms with Gasteiger partial charge in [0, 0.05) is 47.3 Å². The predicted octanol–water partition coefficient (Wildman–Crippen LogP) is 5.56. The lowest BCUT2D eigenvalue weighted by atomic mass is 10.1. The third kappa shape index (κ3) is 6.15. The van der Waals surface area contributed by atoms with Gasteiger partial charge in [-0.15, -0.1) is 0 Å². The molecule has 2 N–H and O–H groups in total. The first-order chi connectivity index (χ1) is 20.0. The van der Waals surface area contributed by atoms with Gasteiger partial charge in [0.15, 0.2) is 11.5 Å². The Morgan fingerprint density at radius 1 is 1.17 bits per heavy atom. The van der Waals surface area contributed by atoms with Crippen molar-refractivity contribution in [2.24, 2.45) is 0 Å². The third-order valence-electron chi connectivity index (χ3n) is 5.86. The van der Waals surface area contributed by atoms with Gasteiger partial charge < -0.3 is 19.7 Å². The zero-order chi connectivity index (χ0) is 30.0. The standard InChI is InChI=1S/C26H19ClF4N8O3/c1-14-8-21(26(29,30)31)37-39(14)22-18(12-34-25(36-22)35-16-2-3-20(28)19(27)10-16)15-9-17(24(40)41)23(33-11-15)42-7-6-38-5-4-32-13-38/h2-5,8-13H,6-7H2,1H3,(H,40,41)(H,34,35,36). The van der Waals surface area contributed by atoms with Gasteiger partial charge >= 0.3 is 12.1 Å². The molecule has 1 aromatic carbocycles. The van der Waals surface area contributed by atoms with E-state index in [9.17, 15) is 27.5 Å². The summed E-state index contributed by atoms with van der Waals surface area (Å²) in [6.45, 7) is 1.88. The quantitative estimate of drug-likeness (QED) is 0.208. The third-order valence-corrected chi connectivity index (χ3v) is 6.15. The van der Waals surface area contributed by atoms with E-state index in [2.05, 4.69) is 30.4 Å². The number of rotatable bonds is 9. The highest BCUT2D eigenvalue weighted by Gasteiger charge is 2.35. The van der Waals surface area contributed by atoms with Crippen molar-refractivity contribution in [1.29, 1.82) is 0 Å². The maximum atomic E-state index is 13.6. The van der Waals surface area contributed by atoms with Crippen molar-refractivity contribution < 1.29 is 32.2 Å². The van der Waals surface area contributed by atoms with Crippen LogP contribution in [0, 0.1) is 12.7 Å². The Bertz CT molecular complexity index is 1760. The fourth-order valence-electron chi connectivity index (χ4n) is 3.86. The first-order valence-corrected chi connectivity index (χ1v) is 12.4. The number of hydrogen-bond donors (Lipinski definition) is 2. The zero-order valence-corrected chi connectivity index (χ0v) is 22.2. The molecule has 0 spiro atoms. The second-order valence-corrected chi connectivity index (χ2v) is 9.20. The van der Waals surface area contributed by atoms with Crippen LogP contribution in [-0.2, 0) is 12.7 Å². The Labute approximate surface area is 239 Å². The van der Waals surface area contributed by atoms with Crippen LogP contribution in [0.25, 0.3) is 16.9 Å². The molecule has 16 heteroatoms. The largest absolute Gasteiger partial charge is 0.477 e. The topological polar surface area (TPSA) is 133 Å². The minimum Gasteiger partial charge on any atom is -0.477 e. The molecule has 0 unspecified atom stereocenters. The second-order valence-electron chi connectivity index (χ2n) is 8.80. The molecule has 42 heavy (non-hydrogen) atoms. The molecule has 0 aliphatic carbocycles. The van der Waals surface area contributed by atoms with E-state index in [0.29, 0.717) is 12.2 Å². The molecule has 0 radical (unpaired) electrons. The molecule has 4 aromatic heterocycles. The van der Waals surface area contributed by atoms with E-state index in [4.69, 9.17) is 16.3 Å².